The minimum absolute atomic E-state index is 0.281. The summed E-state index contributed by atoms with van der Waals surface area (Å²) in [6.07, 6.45) is 1.08. The molecule has 0 aliphatic heterocycles. The number of nitrogens with one attached hydrogen (secondary N) is 1. The van der Waals surface area contributed by atoms with Crippen molar-refractivity contribution >= 4 is 11.0 Å². The summed E-state index contributed by atoms with van der Waals surface area (Å²) in [6.45, 7) is 7.94. The summed E-state index contributed by atoms with van der Waals surface area (Å²) < 4.78 is 19.4. The zero-order valence-corrected chi connectivity index (χ0v) is 11.2. The molecule has 1 heterocycles. The van der Waals surface area contributed by atoms with E-state index in [2.05, 4.69) is 26.1 Å². The van der Waals surface area contributed by atoms with Gasteiger partial charge in [-0.1, -0.05) is 32.9 Å². The van der Waals surface area contributed by atoms with Crippen LogP contribution >= 0.6 is 0 Å². The zero-order valence-electron chi connectivity index (χ0n) is 11.2. The lowest BCUT2D eigenvalue weighted by Crippen LogP contribution is -2.14. The second-order valence-corrected chi connectivity index (χ2v) is 4.89. The van der Waals surface area contributed by atoms with Gasteiger partial charge in [0.25, 0.3) is 0 Å². The summed E-state index contributed by atoms with van der Waals surface area (Å²) in [5.74, 6) is 0.904. The molecule has 0 radical (unpaired) electrons. The third kappa shape index (κ3) is 2.41. The first-order chi connectivity index (χ1) is 8.65. The van der Waals surface area contributed by atoms with Crippen LogP contribution in [0.25, 0.3) is 11.0 Å². The molecular formula is C15H20FNO. The molecule has 0 saturated carbocycles. The Bertz CT molecular complexity index is 531. The molecule has 0 amide bonds. The van der Waals surface area contributed by atoms with Gasteiger partial charge < -0.3 is 9.73 Å². The Labute approximate surface area is 107 Å². The second-order valence-electron chi connectivity index (χ2n) is 4.89. The number of para-hydroxylation sites is 1. The highest BCUT2D eigenvalue weighted by Gasteiger charge is 2.18. The van der Waals surface area contributed by atoms with Gasteiger partial charge in [-0.3, -0.25) is 0 Å². The summed E-state index contributed by atoms with van der Waals surface area (Å²) >= 11 is 0. The molecule has 0 unspecified atom stereocenters. The number of rotatable bonds is 5. The second kappa shape index (κ2) is 5.53. The Morgan fingerprint density at radius 3 is 2.78 bits per heavy atom. The van der Waals surface area contributed by atoms with Crippen LogP contribution in [0.1, 0.15) is 44.4 Å². The molecule has 18 heavy (non-hydrogen) atoms. The number of halogens is 1. The molecule has 3 heteroatoms. The highest BCUT2D eigenvalue weighted by atomic mass is 19.1. The van der Waals surface area contributed by atoms with Gasteiger partial charge in [-0.25, -0.2) is 4.39 Å². The van der Waals surface area contributed by atoms with Crippen LogP contribution in [-0.2, 0) is 6.54 Å². The molecule has 2 nitrogen and oxygen atoms in total. The maximum atomic E-state index is 13.7. The molecule has 0 aliphatic carbocycles. The highest BCUT2D eigenvalue weighted by Crippen LogP contribution is 2.33. The lowest BCUT2D eigenvalue weighted by molar-refractivity contribution is 0.488. The molecule has 2 aromatic rings. The molecule has 0 aliphatic rings. The summed E-state index contributed by atoms with van der Waals surface area (Å²) in [4.78, 5) is 0. The monoisotopic (exact) mass is 249 g/mol. The fraction of sp³-hybridized carbons (Fsp3) is 0.467. The van der Waals surface area contributed by atoms with E-state index in [0.29, 0.717) is 18.0 Å². The van der Waals surface area contributed by atoms with Gasteiger partial charge in [-0.05, 0) is 24.9 Å². The first-order valence-electron chi connectivity index (χ1n) is 6.55. The van der Waals surface area contributed by atoms with Crippen molar-refractivity contribution < 1.29 is 8.81 Å². The normalized spacial score (nSPS) is 11.6. The molecule has 98 valence electrons. The summed E-state index contributed by atoms with van der Waals surface area (Å²) in [5, 5.41) is 4.21. The third-order valence-corrected chi connectivity index (χ3v) is 3.07. The fourth-order valence-corrected chi connectivity index (χ4v) is 2.30. The number of hydrogen-bond acceptors (Lipinski definition) is 2. The van der Waals surface area contributed by atoms with E-state index in [1.54, 1.807) is 6.07 Å². The Hall–Kier alpha value is -1.35. The summed E-state index contributed by atoms with van der Waals surface area (Å²) in [5.41, 5.74) is 1.50. The van der Waals surface area contributed by atoms with Gasteiger partial charge in [-0.15, -0.1) is 0 Å². The first kappa shape index (κ1) is 13.1. The zero-order chi connectivity index (χ0) is 13.1. The predicted octanol–water partition coefficient (Wildman–Crippen LogP) is 4.19. The minimum Gasteiger partial charge on any atom is -0.456 e. The van der Waals surface area contributed by atoms with Crippen molar-refractivity contribution in [2.24, 2.45) is 0 Å². The molecule has 0 atom stereocenters. The van der Waals surface area contributed by atoms with Crippen molar-refractivity contribution in [2.75, 3.05) is 6.54 Å². The van der Waals surface area contributed by atoms with Crippen molar-refractivity contribution in [1.82, 2.24) is 5.32 Å². The van der Waals surface area contributed by atoms with E-state index in [4.69, 9.17) is 4.42 Å². The minimum atomic E-state index is -0.281. The molecule has 0 saturated heterocycles. The van der Waals surface area contributed by atoms with Gasteiger partial charge in [0, 0.05) is 10.9 Å². The van der Waals surface area contributed by atoms with Crippen molar-refractivity contribution in [1.29, 1.82) is 0 Å². The summed E-state index contributed by atoms with van der Waals surface area (Å²) in [7, 11) is 0. The van der Waals surface area contributed by atoms with E-state index in [0.717, 1.165) is 29.7 Å². The van der Waals surface area contributed by atoms with Gasteiger partial charge in [0.05, 0.1) is 6.54 Å². The van der Waals surface area contributed by atoms with Crippen molar-refractivity contribution in [3.63, 3.8) is 0 Å². The summed E-state index contributed by atoms with van der Waals surface area (Å²) in [6, 6.07) is 5.11. The van der Waals surface area contributed by atoms with Gasteiger partial charge >= 0.3 is 0 Å². The van der Waals surface area contributed by atoms with Gasteiger partial charge in [0.2, 0.25) is 0 Å². The number of hydrogen-bond donors (Lipinski definition) is 1. The average Bonchev–Trinajstić information content (AvgIpc) is 2.69. The van der Waals surface area contributed by atoms with E-state index >= 15 is 0 Å². The van der Waals surface area contributed by atoms with Crippen LogP contribution in [0.5, 0.6) is 0 Å². The number of fused-ring (bicyclic) bond motifs is 1. The van der Waals surface area contributed by atoms with E-state index in [1.807, 2.05) is 6.07 Å². The Morgan fingerprint density at radius 2 is 2.11 bits per heavy atom. The SMILES string of the molecule is CCCNCc1oc2c(F)cccc2c1C(C)C. The van der Waals surface area contributed by atoms with Gasteiger partial charge in [0.15, 0.2) is 11.4 Å². The first-order valence-corrected chi connectivity index (χ1v) is 6.55. The molecule has 1 aromatic carbocycles. The molecule has 1 aromatic heterocycles. The highest BCUT2D eigenvalue weighted by molar-refractivity contribution is 5.83. The Morgan fingerprint density at radius 1 is 1.33 bits per heavy atom. The molecular weight excluding hydrogens is 229 g/mol. The van der Waals surface area contributed by atoms with Crippen molar-refractivity contribution in [3.8, 4) is 0 Å². The fourth-order valence-electron chi connectivity index (χ4n) is 2.30. The third-order valence-electron chi connectivity index (χ3n) is 3.07. The van der Waals surface area contributed by atoms with Crippen LogP contribution in [0.15, 0.2) is 22.6 Å². The van der Waals surface area contributed by atoms with Crippen LogP contribution in [-0.4, -0.2) is 6.54 Å². The molecule has 0 fully saturated rings. The maximum Gasteiger partial charge on any atom is 0.170 e. The lowest BCUT2D eigenvalue weighted by atomic mass is 9.99. The molecule has 0 bridgehead atoms. The topological polar surface area (TPSA) is 25.2 Å². The largest absolute Gasteiger partial charge is 0.456 e. The van der Waals surface area contributed by atoms with E-state index < -0.39 is 0 Å². The van der Waals surface area contributed by atoms with E-state index in [-0.39, 0.29) is 5.82 Å². The van der Waals surface area contributed by atoms with Gasteiger partial charge in [-0.2, -0.15) is 0 Å². The predicted molar refractivity (Wildman–Crippen MR) is 72.3 cm³/mol. The van der Waals surface area contributed by atoms with E-state index in [1.165, 1.54) is 6.07 Å². The van der Waals surface area contributed by atoms with Gasteiger partial charge in [0.1, 0.15) is 5.76 Å². The van der Waals surface area contributed by atoms with Crippen LogP contribution in [0.2, 0.25) is 0 Å². The van der Waals surface area contributed by atoms with Crippen molar-refractivity contribution in [2.45, 2.75) is 39.7 Å². The van der Waals surface area contributed by atoms with Crippen LogP contribution in [0, 0.1) is 5.82 Å². The van der Waals surface area contributed by atoms with E-state index in [9.17, 15) is 4.39 Å². The smallest absolute Gasteiger partial charge is 0.170 e. The van der Waals surface area contributed by atoms with Crippen LogP contribution < -0.4 is 5.32 Å². The molecule has 0 spiro atoms. The van der Waals surface area contributed by atoms with Crippen LogP contribution in [0.4, 0.5) is 4.39 Å². The Balaban J connectivity index is 2.44. The molecule has 1 N–H and O–H groups in total. The lowest BCUT2D eigenvalue weighted by Gasteiger charge is -2.07. The van der Waals surface area contributed by atoms with Crippen LogP contribution in [0.3, 0.4) is 0 Å². The average molecular weight is 249 g/mol. The number of benzene rings is 1. The maximum absolute atomic E-state index is 13.7. The number of furan rings is 1. The van der Waals surface area contributed by atoms with Crippen molar-refractivity contribution in [3.05, 3.63) is 35.3 Å². The quantitative estimate of drug-likeness (QED) is 0.803. The standard InChI is InChI=1S/C15H20FNO/c1-4-8-17-9-13-14(10(2)3)11-6-5-7-12(16)15(11)18-13/h5-7,10,17H,4,8-9H2,1-3H3. The Kier molecular flexibility index (Phi) is 4.02. The molecule has 2 rings (SSSR count).